The van der Waals surface area contributed by atoms with E-state index >= 15 is 0 Å². The summed E-state index contributed by atoms with van der Waals surface area (Å²) in [4.78, 5) is 33.9. The van der Waals surface area contributed by atoms with Crippen LogP contribution in [0.3, 0.4) is 0 Å². The highest BCUT2D eigenvalue weighted by Crippen LogP contribution is 2.11. The van der Waals surface area contributed by atoms with Crippen LogP contribution >= 0.6 is 0 Å². The number of benzene rings is 1. The third kappa shape index (κ3) is 3.69. The Bertz CT molecular complexity index is 464. The smallest absolute Gasteiger partial charge is 0.339 e. The molecule has 0 bridgehead atoms. The van der Waals surface area contributed by atoms with Crippen molar-refractivity contribution in [2.45, 2.75) is 13.3 Å². The maximum Gasteiger partial charge on any atom is 0.339 e. The molecular formula is C13H14O5. The lowest BCUT2D eigenvalue weighted by Crippen LogP contribution is -2.14. The van der Waals surface area contributed by atoms with Crippen LogP contribution in [-0.4, -0.2) is 31.4 Å². The fourth-order valence-electron chi connectivity index (χ4n) is 1.31. The van der Waals surface area contributed by atoms with E-state index < -0.39 is 11.9 Å². The first-order valence-electron chi connectivity index (χ1n) is 5.40. The Kier molecular flexibility index (Phi) is 5.05. The molecule has 0 unspecified atom stereocenters. The summed E-state index contributed by atoms with van der Waals surface area (Å²) in [5, 5.41) is 0. The standard InChI is InChI=1S/C13H14O5/c1-9(14)7-8-18-13(16)11-6-4-3-5-10(11)12(15)17-2/h3-6H,7-8H2,1-2H3. The Morgan fingerprint density at radius 3 is 2.11 bits per heavy atom. The fraction of sp³-hybridized carbons (Fsp3) is 0.308. The summed E-state index contributed by atoms with van der Waals surface area (Å²) < 4.78 is 9.48. The van der Waals surface area contributed by atoms with Crippen molar-refractivity contribution in [2.24, 2.45) is 0 Å². The van der Waals surface area contributed by atoms with E-state index in [9.17, 15) is 14.4 Å². The second kappa shape index (κ2) is 6.54. The third-order valence-corrected chi connectivity index (χ3v) is 2.24. The Hall–Kier alpha value is -2.17. The van der Waals surface area contributed by atoms with Crippen molar-refractivity contribution in [1.82, 2.24) is 0 Å². The van der Waals surface area contributed by atoms with E-state index in [-0.39, 0.29) is 29.9 Å². The number of hydrogen-bond donors (Lipinski definition) is 0. The molecule has 0 saturated heterocycles. The number of ketones is 1. The third-order valence-electron chi connectivity index (χ3n) is 2.24. The van der Waals surface area contributed by atoms with Gasteiger partial charge in [0.15, 0.2) is 0 Å². The molecule has 0 radical (unpaired) electrons. The van der Waals surface area contributed by atoms with Gasteiger partial charge in [0.2, 0.25) is 0 Å². The van der Waals surface area contributed by atoms with E-state index in [0.29, 0.717) is 0 Å². The first-order chi connectivity index (χ1) is 8.56. The van der Waals surface area contributed by atoms with Crippen LogP contribution in [-0.2, 0) is 14.3 Å². The summed E-state index contributed by atoms with van der Waals surface area (Å²) in [6, 6.07) is 6.20. The molecule has 0 aliphatic heterocycles. The molecule has 0 aromatic heterocycles. The number of hydrogen-bond acceptors (Lipinski definition) is 5. The van der Waals surface area contributed by atoms with Crippen molar-refractivity contribution in [3.05, 3.63) is 35.4 Å². The van der Waals surface area contributed by atoms with Gasteiger partial charge in [0.25, 0.3) is 0 Å². The number of ether oxygens (including phenoxy) is 2. The molecule has 1 aromatic carbocycles. The van der Waals surface area contributed by atoms with Crippen LogP contribution in [0.1, 0.15) is 34.1 Å². The normalized spacial score (nSPS) is 9.67. The number of esters is 2. The van der Waals surface area contributed by atoms with Gasteiger partial charge in [-0.25, -0.2) is 9.59 Å². The Labute approximate surface area is 105 Å². The average molecular weight is 250 g/mol. The molecule has 0 aliphatic rings. The molecule has 96 valence electrons. The first kappa shape index (κ1) is 13.9. The molecular weight excluding hydrogens is 236 g/mol. The molecule has 1 aromatic rings. The zero-order valence-corrected chi connectivity index (χ0v) is 10.3. The maximum absolute atomic E-state index is 11.7. The molecule has 0 N–H and O–H groups in total. The highest BCUT2D eigenvalue weighted by atomic mass is 16.5. The molecule has 5 nitrogen and oxygen atoms in total. The average Bonchev–Trinajstić information content (AvgIpc) is 2.37. The first-order valence-corrected chi connectivity index (χ1v) is 5.40. The van der Waals surface area contributed by atoms with E-state index in [1.807, 2.05) is 0 Å². The molecule has 0 saturated carbocycles. The van der Waals surface area contributed by atoms with Gasteiger partial charge in [-0.3, -0.25) is 4.79 Å². The SMILES string of the molecule is COC(=O)c1ccccc1C(=O)OCCC(C)=O. The summed E-state index contributed by atoms with van der Waals surface area (Å²) in [7, 11) is 1.24. The number of Topliss-reactive ketones (excluding diaryl/α,β-unsaturated/α-hetero) is 1. The largest absolute Gasteiger partial charge is 0.465 e. The lowest BCUT2D eigenvalue weighted by Gasteiger charge is -2.07. The highest BCUT2D eigenvalue weighted by molar-refractivity contribution is 6.03. The fourth-order valence-corrected chi connectivity index (χ4v) is 1.31. The summed E-state index contributed by atoms with van der Waals surface area (Å²) in [5.74, 6) is -1.31. The van der Waals surface area contributed by atoms with Crippen molar-refractivity contribution >= 4 is 17.7 Å². The van der Waals surface area contributed by atoms with Gasteiger partial charge in [-0.05, 0) is 19.1 Å². The van der Waals surface area contributed by atoms with Gasteiger partial charge in [-0.2, -0.15) is 0 Å². The minimum atomic E-state index is -0.641. The van der Waals surface area contributed by atoms with Gasteiger partial charge in [0.05, 0.1) is 24.8 Å². The molecule has 0 atom stereocenters. The second-order valence-corrected chi connectivity index (χ2v) is 3.63. The summed E-state index contributed by atoms with van der Waals surface area (Å²) in [5.41, 5.74) is 0.278. The van der Waals surface area contributed by atoms with Gasteiger partial charge in [-0.1, -0.05) is 12.1 Å². The van der Waals surface area contributed by atoms with Crippen LogP contribution in [0.2, 0.25) is 0 Å². The summed E-state index contributed by atoms with van der Waals surface area (Å²) in [6.45, 7) is 1.42. The van der Waals surface area contributed by atoms with Crippen LogP contribution in [0.4, 0.5) is 0 Å². The van der Waals surface area contributed by atoms with E-state index in [2.05, 4.69) is 4.74 Å². The van der Waals surface area contributed by atoms with Crippen LogP contribution < -0.4 is 0 Å². The molecule has 0 heterocycles. The van der Waals surface area contributed by atoms with Crippen LogP contribution in [0, 0.1) is 0 Å². The summed E-state index contributed by atoms with van der Waals surface area (Å²) in [6.07, 6.45) is 0.159. The number of rotatable bonds is 5. The van der Waals surface area contributed by atoms with Crippen molar-refractivity contribution < 1.29 is 23.9 Å². The van der Waals surface area contributed by atoms with E-state index in [0.717, 1.165) is 0 Å². The van der Waals surface area contributed by atoms with Crippen LogP contribution in [0.15, 0.2) is 24.3 Å². The molecule has 1 rings (SSSR count). The summed E-state index contributed by atoms with van der Waals surface area (Å²) >= 11 is 0. The predicted molar refractivity (Wildman–Crippen MR) is 63.4 cm³/mol. The van der Waals surface area contributed by atoms with Crippen molar-refractivity contribution in [2.75, 3.05) is 13.7 Å². The number of carbonyl (C=O) groups excluding carboxylic acids is 3. The lowest BCUT2D eigenvalue weighted by atomic mass is 10.1. The van der Waals surface area contributed by atoms with Crippen LogP contribution in [0.5, 0.6) is 0 Å². The van der Waals surface area contributed by atoms with Gasteiger partial charge in [0, 0.05) is 6.42 Å². The Morgan fingerprint density at radius 1 is 1.06 bits per heavy atom. The lowest BCUT2D eigenvalue weighted by molar-refractivity contribution is -0.117. The molecule has 0 spiro atoms. The van der Waals surface area contributed by atoms with Crippen LogP contribution in [0.25, 0.3) is 0 Å². The van der Waals surface area contributed by atoms with E-state index in [1.165, 1.54) is 26.2 Å². The quantitative estimate of drug-likeness (QED) is 0.742. The van der Waals surface area contributed by atoms with Gasteiger partial charge >= 0.3 is 11.9 Å². The monoisotopic (exact) mass is 250 g/mol. The van der Waals surface area contributed by atoms with Crippen molar-refractivity contribution in [3.63, 3.8) is 0 Å². The Balaban J connectivity index is 2.79. The van der Waals surface area contributed by atoms with Gasteiger partial charge < -0.3 is 9.47 Å². The van der Waals surface area contributed by atoms with Gasteiger partial charge in [-0.15, -0.1) is 0 Å². The predicted octanol–water partition coefficient (Wildman–Crippen LogP) is 1.61. The zero-order chi connectivity index (χ0) is 13.5. The maximum atomic E-state index is 11.7. The van der Waals surface area contributed by atoms with Gasteiger partial charge in [0.1, 0.15) is 5.78 Å². The van der Waals surface area contributed by atoms with E-state index in [4.69, 9.17) is 4.74 Å². The minimum Gasteiger partial charge on any atom is -0.465 e. The molecule has 18 heavy (non-hydrogen) atoms. The molecule has 5 heteroatoms. The van der Waals surface area contributed by atoms with Crippen molar-refractivity contribution in [3.8, 4) is 0 Å². The second-order valence-electron chi connectivity index (χ2n) is 3.63. The Morgan fingerprint density at radius 2 is 1.61 bits per heavy atom. The molecule has 0 amide bonds. The zero-order valence-electron chi connectivity index (χ0n) is 10.3. The van der Waals surface area contributed by atoms with E-state index in [1.54, 1.807) is 12.1 Å². The molecule has 0 fully saturated rings. The molecule has 0 aliphatic carbocycles. The highest BCUT2D eigenvalue weighted by Gasteiger charge is 2.17. The topological polar surface area (TPSA) is 69.7 Å². The number of methoxy groups -OCH3 is 1. The minimum absolute atomic E-state index is 0.00364. The number of carbonyl (C=O) groups is 3. The van der Waals surface area contributed by atoms with Crippen molar-refractivity contribution in [1.29, 1.82) is 0 Å².